The van der Waals surface area contributed by atoms with E-state index in [9.17, 15) is 14.7 Å². The van der Waals surface area contributed by atoms with Gasteiger partial charge in [-0.1, -0.05) is 41.4 Å². The van der Waals surface area contributed by atoms with Gasteiger partial charge in [0, 0.05) is 10.9 Å². The van der Waals surface area contributed by atoms with E-state index >= 15 is 0 Å². The van der Waals surface area contributed by atoms with Gasteiger partial charge < -0.3 is 9.84 Å². The van der Waals surface area contributed by atoms with Gasteiger partial charge in [-0.05, 0) is 91.9 Å². The first kappa shape index (κ1) is 27.2. The van der Waals surface area contributed by atoms with Crippen molar-refractivity contribution in [2.75, 3.05) is 0 Å². The highest BCUT2D eigenvalue weighted by Crippen LogP contribution is 2.35. The van der Waals surface area contributed by atoms with Crippen molar-refractivity contribution in [1.29, 1.82) is 0 Å². The van der Waals surface area contributed by atoms with Crippen molar-refractivity contribution in [2.45, 2.75) is 32.8 Å². The summed E-state index contributed by atoms with van der Waals surface area (Å²) in [5, 5.41) is 14.2. The lowest BCUT2D eigenvalue weighted by Gasteiger charge is -2.12. The first-order chi connectivity index (χ1) is 17.8. The molecule has 1 aromatic heterocycles. The van der Waals surface area contributed by atoms with Crippen LogP contribution in [0.25, 0.3) is 10.9 Å². The molecule has 0 aliphatic carbocycles. The molecular weight excluding hydrogens is 670 g/mol. The molecule has 4 aromatic rings. The minimum Gasteiger partial charge on any atom is -0.487 e. The van der Waals surface area contributed by atoms with E-state index < -0.39 is 5.97 Å². The number of aryl methyl sites for hydroxylation is 1. The number of hydrogen-bond donors (Lipinski definition) is 1. The number of hydrogen-bond acceptors (Lipinski definition) is 5. The smallest absolute Gasteiger partial charge is 0.335 e. The molecule has 1 N–H and O–H groups in total. The number of fused-ring (bicyclic) bond motifs is 1. The quantitative estimate of drug-likeness (QED) is 0.188. The van der Waals surface area contributed by atoms with Gasteiger partial charge in [0.05, 0.1) is 31.6 Å². The molecule has 0 aliphatic rings. The van der Waals surface area contributed by atoms with E-state index in [1.807, 2.05) is 24.3 Å². The van der Waals surface area contributed by atoms with Gasteiger partial charge in [0.2, 0.25) is 0 Å². The van der Waals surface area contributed by atoms with Gasteiger partial charge in [-0.15, -0.1) is 0 Å². The molecule has 0 atom stereocenters. The summed E-state index contributed by atoms with van der Waals surface area (Å²) in [6.45, 7) is 2.28. The highest BCUT2D eigenvalue weighted by Gasteiger charge is 2.13. The summed E-state index contributed by atoms with van der Waals surface area (Å²) < 4.78 is 9.47. The van der Waals surface area contributed by atoms with Crippen LogP contribution in [0.4, 0.5) is 0 Å². The lowest BCUT2D eigenvalue weighted by atomic mass is 10.1. The Morgan fingerprint density at radius 3 is 2.57 bits per heavy atom. The third kappa shape index (κ3) is 6.55. The monoisotopic (exact) mass is 689 g/mol. The van der Waals surface area contributed by atoms with E-state index in [1.165, 1.54) is 10.7 Å². The van der Waals surface area contributed by atoms with E-state index in [0.29, 0.717) is 37.8 Å². The SMILES string of the molecule is CCCCc1nc2ccc(Br)cc2c(=O)n1N=Cc1cc(Br)c(OCc2cccc(C(=O)O)c2)c(Br)c1. The molecule has 7 nitrogen and oxygen atoms in total. The lowest BCUT2D eigenvalue weighted by molar-refractivity contribution is 0.0696. The van der Waals surface area contributed by atoms with Gasteiger partial charge in [0.1, 0.15) is 18.2 Å². The van der Waals surface area contributed by atoms with Crippen molar-refractivity contribution in [3.8, 4) is 5.75 Å². The number of carboxylic acid groups (broad SMARTS) is 1. The van der Waals surface area contributed by atoms with E-state index in [2.05, 4.69) is 59.8 Å². The van der Waals surface area contributed by atoms with Crippen LogP contribution in [0.5, 0.6) is 5.75 Å². The fraction of sp³-hybridized carbons (Fsp3) is 0.185. The maximum absolute atomic E-state index is 13.3. The number of ether oxygens (including phenoxy) is 1. The summed E-state index contributed by atoms with van der Waals surface area (Å²) in [5.74, 6) is 0.189. The number of unbranched alkanes of at least 4 members (excludes halogenated alkanes) is 1. The Kier molecular flexibility index (Phi) is 8.94. The molecule has 0 unspecified atom stereocenters. The molecule has 0 bridgehead atoms. The van der Waals surface area contributed by atoms with Gasteiger partial charge in [-0.2, -0.15) is 9.78 Å². The Bertz CT molecular complexity index is 1540. The molecule has 10 heteroatoms. The zero-order valence-electron chi connectivity index (χ0n) is 19.7. The molecule has 37 heavy (non-hydrogen) atoms. The largest absolute Gasteiger partial charge is 0.487 e. The molecule has 0 spiro atoms. The Hall–Kier alpha value is -2.82. The molecule has 4 rings (SSSR count). The number of aromatic nitrogens is 2. The van der Waals surface area contributed by atoms with E-state index in [-0.39, 0.29) is 17.7 Å². The third-order valence-corrected chi connectivity index (χ3v) is 7.20. The molecule has 0 radical (unpaired) electrons. The molecule has 0 amide bonds. The normalized spacial score (nSPS) is 11.4. The van der Waals surface area contributed by atoms with Crippen molar-refractivity contribution in [2.24, 2.45) is 5.10 Å². The molecule has 0 saturated carbocycles. The van der Waals surface area contributed by atoms with Crippen LogP contribution in [0, 0.1) is 0 Å². The lowest BCUT2D eigenvalue weighted by Crippen LogP contribution is -2.22. The van der Waals surface area contributed by atoms with Gasteiger partial charge in [0.25, 0.3) is 5.56 Å². The minimum atomic E-state index is -0.987. The second-order valence-corrected chi connectivity index (χ2v) is 10.9. The zero-order valence-corrected chi connectivity index (χ0v) is 24.5. The van der Waals surface area contributed by atoms with Crippen LogP contribution >= 0.6 is 47.8 Å². The summed E-state index contributed by atoms with van der Waals surface area (Å²) in [5.41, 5.74) is 2.09. The Morgan fingerprint density at radius 1 is 1.11 bits per heavy atom. The standard InChI is InChI=1S/C27H22Br3N3O4/c1-2-3-7-24-32-23-9-8-19(28)13-20(23)26(34)33(24)31-14-17-11-21(29)25(22(30)12-17)37-15-16-5-4-6-18(10-16)27(35)36/h4-6,8-14H,2-3,7,15H2,1H3,(H,35,36). The molecule has 0 aliphatic heterocycles. The van der Waals surface area contributed by atoms with E-state index in [0.717, 1.165) is 28.4 Å². The van der Waals surface area contributed by atoms with Crippen molar-refractivity contribution < 1.29 is 14.6 Å². The predicted octanol–water partition coefficient (Wildman–Crippen LogP) is 7.19. The van der Waals surface area contributed by atoms with Crippen molar-refractivity contribution >= 4 is 70.9 Å². The number of carbonyl (C=O) groups is 1. The molecule has 1 heterocycles. The van der Waals surface area contributed by atoms with Crippen LogP contribution in [0.2, 0.25) is 0 Å². The maximum Gasteiger partial charge on any atom is 0.335 e. The summed E-state index contributed by atoms with van der Waals surface area (Å²) in [4.78, 5) is 29.2. The summed E-state index contributed by atoms with van der Waals surface area (Å²) >= 11 is 10.5. The maximum atomic E-state index is 13.3. The highest BCUT2D eigenvalue weighted by molar-refractivity contribution is 9.11. The fourth-order valence-electron chi connectivity index (χ4n) is 3.68. The van der Waals surface area contributed by atoms with Gasteiger partial charge in [-0.3, -0.25) is 4.79 Å². The number of nitrogens with zero attached hydrogens (tertiary/aromatic N) is 3. The Labute approximate surface area is 238 Å². The van der Waals surface area contributed by atoms with Crippen molar-refractivity contribution in [1.82, 2.24) is 9.66 Å². The van der Waals surface area contributed by atoms with E-state index in [1.54, 1.807) is 30.5 Å². The molecular formula is C27H22Br3N3O4. The number of carboxylic acids is 1. The van der Waals surface area contributed by atoms with Crippen LogP contribution in [-0.4, -0.2) is 27.0 Å². The van der Waals surface area contributed by atoms with Crippen LogP contribution < -0.4 is 10.3 Å². The topological polar surface area (TPSA) is 93.8 Å². The van der Waals surface area contributed by atoms with Crippen molar-refractivity contribution in [3.05, 3.63) is 101 Å². The minimum absolute atomic E-state index is 0.195. The molecule has 3 aromatic carbocycles. The first-order valence-electron chi connectivity index (χ1n) is 11.5. The Morgan fingerprint density at radius 2 is 1.86 bits per heavy atom. The number of benzene rings is 3. The van der Waals surface area contributed by atoms with E-state index in [4.69, 9.17) is 9.72 Å². The number of rotatable bonds is 9. The first-order valence-corrected chi connectivity index (χ1v) is 13.8. The third-order valence-electron chi connectivity index (χ3n) is 5.53. The molecule has 0 fully saturated rings. The predicted molar refractivity (Wildman–Crippen MR) is 155 cm³/mol. The second-order valence-electron chi connectivity index (χ2n) is 8.26. The van der Waals surface area contributed by atoms with Crippen molar-refractivity contribution in [3.63, 3.8) is 0 Å². The van der Waals surface area contributed by atoms with Crippen LogP contribution in [0.15, 0.2) is 77.9 Å². The average Bonchev–Trinajstić information content (AvgIpc) is 2.87. The summed E-state index contributed by atoms with van der Waals surface area (Å²) in [7, 11) is 0. The van der Waals surface area contributed by atoms with Crippen LogP contribution in [0.3, 0.4) is 0 Å². The number of halogens is 3. The van der Waals surface area contributed by atoms with Gasteiger partial charge in [0.15, 0.2) is 0 Å². The average molecular weight is 692 g/mol. The number of aromatic carboxylic acids is 1. The zero-order chi connectivity index (χ0) is 26.5. The van der Waals surface area contributed by atoms with Crippen LogP contribution in [0.1, 0.15) is 47.1 Å². The summed E-state index contributed by atoms with van der Waals surface area (Å²) in [6.07, 6.45) is 4.11. The molecule has 0 saturated heterocycles. The second kappa shape index (κ2) is 12.1. The molecule has 190 valence electrons. The Balaban J connectivity index is 1.62. The highest BCUT2D eigenvalue weighted by atomic mass is 79.9. The fourth-order valence-corrected chi connectivity index (χ4v) is 5.49. The van der Waals surface area contributed by atoms with Gasteiger partial charge >= 0.3 is 5.97 Å². The summed E-state index contributed by atoms with van der Waals surface area (Å²) in [6, 6.07) is 15.7. The van der Waals surface area contributed by atoms with Gasteiger partial charge in [-0.25, -0.2) is 9.78 Å². The van der Waals surface area contributed by atoms with Crippen LogP contribution in [-0.2, 0) is 13.0 Å².